The molecule has 2 aromatic rings. The predicted octanol–water partition coefficient (Wildman–Crippen LogP) is 0.979. The van der Waals surface area contributed by atoms with E-state index in [1.807, 2.05) is 0 Å². The first-order valence-electron chi connectivity index (χ1n) is 2.96. The zero-order chi connectivity index (χ0) is 7.84. The molecule has 0 radical (unpaired) electrons. The molecule has 4 nitrogen and oxygen atoms in total. The smallest absolute Gasteiger partial charge is 0.158 e. The van der Waals surface area contributed by atoms with E-state index in [-0.39, 0.29) is 11.6 Å². The summed E-state index contributed by atoms with van der Waals surface area (Å²) >= 11 is 1.40. The van der Waals surface area contributed by atoms with Crippen molar-refractivity contribution >= 4 is 27.2 Å². The van der Waals surface area contributed by atoms with Gasteiger partial charge in [0, 0.05) is 5.38 Å². The van der Waals surface area contributed by atoms with Crippen LogP contribution >= 0.6 is 11.3 Å². The van der Waals surface area contributed by atoms with Crippen LogP contribution in [-0.4, -0.2) is 15.3 Å². The number of hydrogen-bond donors (Lipinski definition) is 2. The molecule has 0 saturated heterocycles. The minimum atomic E-state index is 0.178. The molecule has 0 saturated carbocycles. The van der Waals surface area contributed by atoms with Crippen LogP contribution in [0.5, 0.6) is 5.75 Å². The summed E-state index contributed by atoms with van der Waals surface area (Å²) in [7, 11) is 0. The fourth-order valence-corrected chi connectivity index (χ4v) is 1.70. The van der Waals surface area contributed by atoms with Crippen LogP contribution in [0, 0.1) is 0 Å². The number of aromatic nitrogens is 2. The number of nitrogens with two attached hydrogens (primary N) is 1. The van der Waals surface area contributed by atoms with Crippen LogP contribution in [0.3, 0.4) is 0 Å². The minimum absolute atomic E-state index is 0.178. The lowest BCUT2D eigenvalue weighted by Gasteiger charge is -1.92. The second-order valence-electron chi connectivity index (χ2n) is 2.09. The highest BCUT2D eigenvalue weighted by Gasteiger charge is 2.06. The summed E-state index contributed by atoms with van der Waals surface area (Å²) in [5.41, 5.74) is 5.47. The first-order valence-corrected chi connectivity index (χ1v) is 3.84. The summed E-state index contributed by atoms with van der Waals surface area (Å²) in [6, 6.07) is 0. The molecule has 56 valence electrons. The van der Waals surface area contributed by atoms with E-state index in [1.54, 1.807) is 11.6 Å². The quantitative estimate of drug-likeness (QED) is 0.613. The molecule has 2 heterocycles. The molecule has 0 fully saturated rings. The molecule has 2 rings (SSSR count). The second kappa shape index (κ2) is 2.06. The Morgan fingerprint density at radius 3 is 3.09 bits per heavy atom. The highest BCUT2D eigenvalue weighted by atomic mass is 32.1. The standard InChI is InChI=1S/C6H5N3OS/c7-6-5-3(10)2-11-4(5)1-8-9-6/h1-2,10H,(H2,7,9). The molecule has 0 atom stereocenters. The number of anilines is 1. The van der Waals surface area contributed by atoms with Gasteiger partial charge in [0.15, 0.2) is 5.82 Å². The topological polar surface area (TPSA) is 72.0 Å². The molecule has 0 aliphatic heterocycles. The highest BCUT2D eigenvalue weighted by molar-refractivity contribution is 7.17. The van der Waals surface area contributed by atoms with Gasteiger partial charge in [0.2, 0.25) is 0 Å². The fourth-order valence-electron chi connectivity index (χ4n) is 0.909. The van der Waals surface area contributed by atoms with Crippen LogP contribution in [0.15, 0.2) is 11.6 Å². The largest absolute Gasteiger partial charge is 0.506 e. The zero-order valence-electron chi connectivity index (χ0n) is 5.48. The lowest BCUT2D eigenvalue weighted by atomic mass is 10.3. The minimum Gasteiger partial charge on any atom is -0.506 e. The Morgan fingerprint density at radius 2 is 2.36 bits per heavy atom. The van der Waals surface area contributed by atoms with E-state index < -0.39 is 0 Å². The molecular formula is C6H5N3OS. The van der Waals surface area contributed by atoms with Gasteiger partial charge in [0.25, 0.3) is 0 Å². The molecule has 0 aromatic carbocycles. The molecule has 11 heavy (non-hydrogen) atoms. The third kappa shape index (κ3) is 0.813. The fraction of sp³-hybridized carbons (Fsp3) is 0. The van der Waals surface area contributed by atoms with Gasteiger partial charge < -0.3 is 10.8 Å². The van der Waals surface area contributed by atoms with Crippen molar-refractivity contribution in [3.63, 3.8) is 0 Å². The van der Waals surface area contributed by atoms with Crippen molar-refractivity contribution in [1.82, 2.24) is 10.2 Å². The second-order valence-corrected chi connectivity index (χ2v) is 3.00. The first-order chi connectivity index (χ1) is 5.29. The van der Waals surface area contributed by atoms with E-state index in [9.17, 15) is 5.11 Å². The molecule has 0 bridgehead atoms. The lowest BCUT2D eigenvalue weighted by molar-refractivity contribution is 0.483. The number of nitrogens with zero attached hydrogens (tertiary/aromatic N) is 2. The van der Waals surface area contributed by atoms with Gasteiger partial charge in [-0.2, -0.15) is 5.10 Å². The molecule has 0 aliphatic carbocycles. The Hall–Kier alpha value is -1.36. The first kappa shape index (κ1) is 6.36. The number of nitrogen functional groups attached to an aromatic ring is 1. The van der Waals surface area contributed by atoms with E-state index in [2.05, 4.69) is 10.2 Å². The van der Waals surface area contributed by atoms with Crippen molar-refractivity contribution in [1.29, 1.82) is 0 Å². The molecule has 0 amide bonds. The summed E-state index contributed by atoms with van der Waals surface area (Å²) < 4.78 is 0.856. The maximum absolute atomic E-state index is 9.25. The van der Waals surface area contributed by atoms with Crippen LogP contribution in [0.2, 0.25) is 0 Å². The van der Waals surface area contributed by atoms with Crippen LogP contribution < -0.4 is 5.73 Å². The number of aromatic hydroxyl groups is 1. The lowest BCUT2D eigenvalue weighted by Crippen LogP contribution is -1.91. The summed E-state index contributed by atoms with van der Waals surface area (Å²) in [5, 5.41) is 18.7. The van der Waals surface area contributed by atoms with Crippen molar-refractivity contribution in [2.75, 3.05) is 5.73 Å². The van der Waals surface area contributed by atoms with E-state index in [1.165, 1.54) is 11.3 Å². The Kier molecular flexibility index (Phi) is 1.19. The molecule has 0 unspecified atom stereocenters. The monoisotopic (exact) mass is 167 g/mol. The van der Waals surface area contributed by atoms with Crippen LogP contribution in [0.4, 0.5) is 5.82 Å². The van der Waals surface area contributed by atoms with E-state index in [0.717, 1.165) is 4.70 Å². The maximum Gasteiger partial charge on any atom is 0.158 e. The number of fused-ring (bicyclic) bond motifs is 1. The predicted molar refractivity (Wildman–Crippen MR) is 43.5 cm³/mol. The molecule has 2 aromatic heterocycles. The SMILES string of the molecule is Nc1nncc2scc(O)c12. The normalized spacial score (nSPS) is 10.5. The summed E-state index contributed by atoms with van der Waals surface area (Å²) in [5.74, 6) is 0.457. The van der Waals surface area contributed by atoms with E-state index in [4.69, 9.17) is 5.73 Å². The van der Waals surface area contributed by atoms with Crippen molar-refractivity contribution in [2.45, 2.75) is 0 Å². The average Bonchev–Trinajstić information content (AvgIpc) is 2.34. The van der Waals surface area contributed by atoms with E-state index in [0.29, 0.717) is 5.39 Å². The highest BCUT2D eigenvalue weighted by Crippen LogP contribution is 2.32. The molecule has 0 spiro atoms. The van der Waals surface area contributed by atoms with Crippen LogP contribution in [-0.2, 0) is 0 Å². The van der Waals surface area contributed by atoms with Crippen molar-refractivity contribution < 1.29 is 5.11 Å². The van der Waals surface area contributed by atoms with Crippen molar-refractivity contribution in [3.8, 4) is 5.75 Å². The summed E-state index contributed by atoms with van der Waals surface area (Å²) in [6.07, 6.45) is 1.58. The Labute approximate surface area is 66.3 Å². The van der Waals surface area contributed by atoms with Gasteiger partial charge in [-0.25, -0.2) is 0 Å². The third-order valence-electron chi connectivity index (χ3n) is 1.40. The van der Waals surface area contributed by atoms with Gasteiger partial charge in [-0.05, 0) is 0 Å². The Morgan fingerprint density at radius 1 is 1.55 bits per heavy atom. The summed E-state index contributed by atoms with van der Waals surface area (Å²) in [4.78, 5) is 0. The molecule has 5 heteroatoms. The van der Waals surface area contributed by atoms with Gasteiger partial charge in [-0.3, -0.25) is 0 Å². The van der Waals surface area contributed by atoms with Gasteiger partial charge in [0.1, 0.15) is 5.75 Å². The maximum atomic E-state index is 9.25. The summed E-state index contributed by atoms with van der Waals surface area (Å²) in [6.45, 7) is 0. The van der Waals surface area contributed by atoms with Crippen molar-refractivity contribution in [3.05, 3.63) is 11.6 Å². The molecule has 3 N–H and O–H groups in total. The number of hydrogen-bond acceptors (Lipinski definition) is 5. The van der Waals surface area contributed by atoms with Gasteiger partial charge in [0.05, 0.1) is 16.3 Å². The molecular weight excluding hydrogens is 162 g/mol. The number of thiophene rings is 1. The Bertz CT molecular complexity index is 398. The third-order valence-corrected chi connectivity index (χ3v) is 2.30. The van der Waals surface area contributed by atoms with E-state index >= 15 is 0 Å². The zero-order valence-corrected chi connectivity index (χ0v) is 6.30. The average molecular weight is 167 g/mol. The molecule has 0 aliphatic rings. The van der Waals surface area contributed by atoms with Gasteiger partial charge >= 0.3 is 0 Å². The van der Waals surface area contributed by atoms with Crippen LogP contribution in [0.25, 0.3) is 10.1 Å². The van der Waals surface area contributed by atoms with Gasteiger partial charge in [-0.15, -0.1) is 16.4 Å². The van der Waals surface area contributed by atoms with Crippen molar-refractivity contribution in [2.24, 2.45) is 0 Å². The Balaban J connectivity index is 2.96. The van der Waals surface area contributed by atoms with Gasteiger partial charge in [-0.1, -0.05) is 0 Å². The number of rotatable bonds is 0. The van der Waals surface area contributed by atoms with Crippen LogP contribution in [0.1, 0.15) is 0 Å².